The van der Waals surface area contributed by atoms with Gasteiger partial charge in [-0.1, -0.05) is 13.8 Å². The van der Waals surface area contributed by atoms with Gasteiger partial charge >= 0.3 is 5.97 Å². The smallest absolute Gasteiger partial charge is 0.325 e. The van der Waals surface area contributed by atoms with Gasteiger partial charge in [-0.15, -0.1) is 0 Å². The van der Waals surface area contributed by atoms with Crippen molar-refractivity contribution in [3.05, 3.63) is 0 Å². The van der Waals surface area contributed by atoms with E-state index in [9.17, 15) is 4.79 Å². The van der Waals surface area contributed by atoms with Crippen molar-refractivity contribution in [3.63, 3.8) is 0 Å². The SMILES string of the molecule is COC(=O)C(C)(CCOC(C)C(C)C)NC1CC1. The lowest BCUT2D eigenvalue weighted by Gasteiger charge is -2.29. The molecule has 0 aromatic heterocycles. The number of methoxy groups -OCH3 is 1. The Labute approximate surface area is 110 Å². The number of rotatable bonds is 8. The minimum Gasteiger partial charge on any atom is -0.468 e. The van der Waals surface area contributed by atoms with E-state index >= 15 is 0 Å². The lowest BCUT2D eigenvalue weighted by atomic mass is 9.98. The van der Waals surface area contributed by atoms with Crippen molar-refractivity contribution in [1.82, 2.24) is 5.32 Å². The molecule has 0 heterocycles. The standard InChI is InChI=1S/C14H27NO3/c1-10(2)11(3)18-9-8-14(4,13(16)17-5)15-12-6-7-12/h10-12,15H,6-9H2,1-5H3. The molecule has 0 spiro atoms. The molecule has 1 aliphatic carbocycles. The Kier molecular flexibility index (Phi) is 5.60. The zero-order chi connectivity index (χ0) is 13.8. The highest BCUT2D eigenvalue weighted by atomic mass is 16.5. The van der Waals surface area contributed by atoms with Crippen LogP contribution in [0, 0.1) is 5.92 Å². The minimum atomic E-state index is -0.618. The fraction of sp³-hybridized carbons (Fsp3) is 0.929. The van der Waals surface area contributed by atoms with E-state index in [1.165, 1.54) is 7.11 Å². The fourth-order valence-corrected chi connectivity index (χ4v) is 1.78. The molecule has 1 N–H and O–H groups in total. The molecule has 1 rings (SSSR count). The molecule has 4 heteroatoms. The van der Waals surface area contributed by atoms with Gasteiger partial charge in [0.25, 0.3) is 0 Å². The quantitative estimate of drug-likeness (QED) is 0.677. The summed E-state index contributed by atoms with van der Waals surface area (Å²) >= 11 is 0. The Hall–Kier alpha value is -0.610. The zero-order valence-electron chi connectivity index (χ0n) is 12.3. The molecular weight excluding hydrogens is 230 g/mol. The van der Waals surface area contributed by atoms with Crippen LogP contribution >= 0.6 is 0 Å². The van der Waals surface area contributed by atoms with Crippen LogP contribution in [0.2, 0.25) is 0 Å². The van der Waals surface area contributed by atoms with Crippen LogP contribution in [0.3, 0.4) is 0 Å². The maximum Gasteiger partial charge on any atom is 0.325 e. The van der Waals surface area contributed by atoms with Gasteiger partial charge in [-0.2, -0.15) is 0 Å². The molecule has 1 aliphatic rings. The third-order valence-corrected chi connectivity index (χ3v) is 3.66. The lowest BCUT2D eigenvalue weighted by Crippen LogP contribution is -2.52. The molecular formula is C14H27NO3. The summed E-state index contributed by atoms with van der Waals surface area (Å²) in [4.78, 5) is 11.9. The molecule has 1 fully saturated rings. The van der Waals surface area contributed by atoms with Gasteiger partial charge < -0.3 is 9.47 Å². The van der Waals surface area contributed by atoms with E-state index in [1.54, 1.807) is 0 Å². The van der Waals surface area contributed by atoms with Crippen molar-refractivity contribution in [1.29, 1.82) is 0 Å². The number of carbonyl (C=O) groups excluding carboxylic acids is 1. The van der Waals surface area contributed by atoms with Crippen molar-refractivity contribution in [3.8, 4) is 0 Å². The summed E-state index contributed by atoms with van der Waals surface area (Å²) in [5.74, 6) is 0.293. The predicted molar refractivity (Wildman–Crippen MR) is 71.4 cm³/mol. The molecule has 2 atom stereocenters. The topological polar surface area (TPSA) is 47.6 Å². The van der Waals surface area contributed by atoms with Gasteiger partial charge in [0.05, 0.1) is 13.2 Å². The predicted octanol–water partition coefficient (Wildman–Crippen LogP) is 2.12. The van der Waals surface area contributed by atoms with Crippen molar-refractivity contribution >= 4 is 5.97 Å². The van der Waals surface area contributed by atoms with Crippen molar-refractivity contribution in [2.45, 2.75) is 64.6 Å². The van der Waals surface area contributed by atoms with Gasteiger partial charge in [0.15, 0.2) is 0 Å². The summed E-state index contributed by atoms with van der Waals surface area (Å²) in [6.07, 6.45) is 3.16. The molecule has 0 bridgehead atoms. The van der Waals surface area contributed by atoms with Gasteiger partial charge in [-0.05, 0) is 39.0 Å². The largest absolute Gasteiger partial charge is 0.468 e. The van der Waals surface area contributed by atoms with Gasteiger partial charge in [-0.25, -0.2) is 0 Å². The third-order valence-electron chi connectivity index (χ3n) is 3.66. The molecule has 0 radical (unpaired) electrons. The van der Waals surface area contributed by atoms with Gasteiger partial charge in [0.2, 0.25) is 0 Å². The average Bonchev–Trinajstić information content (AvgIpc) is 3.11. The number of esters is 1. The number of nitrogens with one attached hydrogen (secondary N) is 1. The Balaban J connectivity index is 2.43. The Morgan fingerprint density at radius 1 is 1.39 bits per heavy atom. The first-order valence-electron chi connectivity index (χ1n) is 6.86. The summed E-state index contributed by atoms with van der Waals surface area (Å²) in [7, 11) is 1.44. The Morgan fingerprint density at radius 2 is 2.00 bits per heavy atom. The Morgan fingerprint density at radius 3 is 2.44 bits per heavy atom. The summed E-state index contributed by atoms with van der Waals surface area (Å²) in [6.45, 7) is 8.80. The summed E-state index contributed by atoms with van der Waals surface area (Å²) < 4.78 is 10.6. The molecule has 0 saturated heterocycles. The highest BCUT2D eigenvalue weighted by Crippen LogP contribution is 2.25. The van der Waals surface area contributed by atoms with Crippen LogP contribution < -0.4 is 5.32 Å². The first-order chi connectivity index (χ1) is 8.39. The van der Waals surface area contributed by atoms with E-state index in [-0.39, 0.29) is 12.1 Å². The monoisotopic (exact) mass is 257 g/mol. The summed E-state index contributed by atoms with van der Waals surface area (Å²) in [5.41, 5.74) is -0.618. The maximum atomic E-state index is 11.9. The molecule has 0 aliphatic heterocycles. The first-order valence-corrected chi connectivity index (χ1v) is 6.86. The lowest BCUT2D eigenvalue weighted by molar-refractivity contribution is -0.149. The fourth-order valence-electron chi connectivity index (χ4n) is 1.78. The molecule has 2 unspecified atom stereocenters. The van der Waals surface area contributed by atoms with Crippen molar-refractivity contribution in [2.75, 3.05) is 13.7 Å². The van der Waals surface area contributed by atoms with Crippen LogP contribution in [-0.4, -0.2) is 37.4 Å². The van der Waals surface area contributed by atoms with Gasteiger partial charge in [0.1, 0.15) is 5.54 Å². The second-order valence-electron chi connectivity index (χ2n) is 5.81. The molecule has 4 nitrogen and oxygen atoms in total. The molecule has 0 aromatic rings. The maximum absolute atomic E-state index is 11.9. The zero-order valence-corrected chi connectivity index (χ0v) is 12.3. The second kappa shape index (κ2) is 6.53. The number of carbonyl (C=O) groups is 1. The highest BCUT2D eigenvalue weighted by Gasteiger charge is 2.39. The second-order valence-corrected chi connectivity index (χ2v) is 5.81. The van der Waals surface area contributed by atoms with Crippen LogP contribution in [0.1, 0.15) is 47.0 Å². The van der Waals surface area contributed by atoms with Crippen LogP contribution in [-0.2, 0) is 14.3 Å². The molecule has 1 saturated carbocycles. The normalized spacial score (nSPS) is 20.6. The van der Waals surface area contributed by atoms with E-state index in [0.29, 0.717) is 25.0 Å². The number of hydrogen-bond donors (Lipinski definition) is 1. The third kappa shape index (κ3) is 4.58. The van der Waals surface area contributed by atoms with Crippen molar-refractivity contribution in [2.24, 2.45) is 5.92 Å². The first kappa shape index (κ1) is 15.4. The van der Waals surface area contributed by atoms with Crippen LogP contribution in [0.4, 0.5) is 0 Å². The van der Waals surface area contributed by atoms with Gasteiger partial charge in [0, 0.05) is 12.6 Å². The van der Waals surface area contributed by atoms with Crippen molar-refractivity contribution < 1.29 is 14.3 Å². The molecule has 0 amide bonds. The molecule has 106 valence electrons. The van der Waals surface area contributed by atoms with E-state index in [2.05, 4.69) is 26.1 Å². The van der Waals surface area contributed by atoms with Crippen LogP contribution in [0.25, 0.3) is 0 Å². The van der Waals surface area contributed by atoms with Crippen LogP contribution in [0.15, 0.2) is 0 Å². The van der Waals surface area contributed by atoms with E-state index in [1.807, 2.05) is 6.92 Å². The summed E-state index contributed by atoms with van der Waals surface area (Å²) in [6, 6.07) is 0.469. The Bertz CT molecular complexity index is 276. The number of hydrogen-bond acceptors (Lipinski definition) is 4. The number of ether oxygens (including phenoxy) is 2. The van der Waals surface area contributed by atoms with E-state index in [4.69, 9.17) is 9.47 Å². The molecule has 0 aromatic carbocycles. The summed E-state index contributed by atoms with van der Waals surface area (Å²) in [5, 5.41) is 3.37. The minimum absolute atomic E-state index is 0.199. The molecule has 18 heavy (non-hydrogen) atoms. The van der Waals surface area contributed by atoms with E-state index < -0.39 is 5.54 Å². The van der Waals surface area contributed by atoms with Gasteiger partial charge in [-0.3, -0.25) is 10.1 Å². The average molecular weight is 257 g/mol. The van der Waals surface area contributed by atoms with Crippen LogP contribution in [0.5, 0.6) is 0 Å². The van der Waals surface area contributed by atoms with E-state index in [0.717, 1.165) is 12.8 Å². The highest BCUT2D eigenvalue weighted by molar-refractivity contribution is 5.80.